The van der Waals surface area contributed by atoms with Crippen LogP contribution in [0.2, 0.25) is 0 Å². The Kier molecular flexibility index (Phi) is 7.89. The molecule has 3 aromatic rings. The van der Waals surface area contributed by atoms with Gasteiger partial charge in [-0.3, -0.25) is 4.90 Å². The second-order valence-corrected chi connectivity index (χ2v) is 11.0. The maximum Gasteiger partial charge on any atom is 0.433 e. The molecule has 0 aliphatic carbocycles. The Bertz CT molecular complexity index is 1120. The van der Waals surface area contributed by atoms with Crippen LogP contribution in [0.4, 0.5) is 19.0 Å². The molecule has 1 saturated heterocycles. The lowest BCUT2D eigenvalue weighted by Crippen LogP contribution is -2.47. The van der Waals surface area contributed by atoms with Crippen molar-refractivity contribution in [1.82, 2.24) is 29.6 Å². The summed E-state index contributed by atoms with van der Waals surface area (Å²) in [6.07, 6.45) is -3.51. The number of hydrogen-bond acceptors (Lipinski definition) is 7. The number of benzene rings is 1. The standard InChI is InChI=1S/C25H32F3N7S/c1-24(2,3)22-29-19(25(26,27)28)17-20(30-22)35-14-12-34(13-15-35)11-8-16-36-23-32-31-21(33(23)4)18-9-6-5-7-10-18/h5-7,9-10,17H,8,11-16H2,1-4H3. The average Bonchev–Trinajstić information content (AvgIpc) is 3.21. The monoisotopic (exact) mass is 519 g/mol. The number of halogens is 3. The Morgan fingerprint density at radius 3 is 2.28 bits per heavy atom. The first-order valence-corrected chi connectivity index (χ1v) is 13.0. The quantitative estimate of drug-likeness (QED) is 0.325. The van der Waals surface area contributed by atoms with E-state index in [9.17, 15) is 13.2 Å². The van der Waals surface area contributed by atoms with Crippen molar-refractivity contribution >= 4 is 17.6 Å². The molecular formula is C25H32F3N7S. The van der Waals surface area contributed by atoms with Crippen molar-refractivity contribution in [2.45, 2.75) is 43.9 Å². The molecule has 1 fully saturated rings. The molecule has 0 saturated carbocycles. The average molecular weight is 520 g/mol. The molecule has 0 N–H and O–H groups in total. The van der Waals surface area contributed by atoms with Crippen molar-refractivity contribution in [3.05, 3.63) is 47.9 Å². The van der Waals surface area contributed by atoms with E-state index in [1.54, 1.807) is 11.8 Å². The van der Waals surface area contributed by atoms with Gasteiger partial charge in [-0.1, -0.05) is 62.9 Å². The second kappa shape index (κ2) is 10.8. The lowest BCUT2D eigenvalue weighted by molar-refractivity contribution is -0.141. The lowest BCUT2D eigenvalue weighted by Gasteiger charge is -2.36. The van der Waals surface area contributed by atoms with Gasteiger partial charge in [0.25, 0.3) is 0 Å². The summed E-state index contributed by atoms with van der Waals surface area (Å²) >= 11 is 1.69. The molecule has 36 heavy (non-hydrogen) atoms. The van der Waals surface area contributed by atoms with E-state index in [-0.39, 0.29) is 5.82 Å². The highest BCUT2D eigenvalue weighted by molar-refractivity contribution is 7.99. The first-order chi connectivity index (χ1) is 17.0. The van der Waals surface area contributed by atoms with E-state index in [1.807, 2.05) is 67.6 Å². The van der Waals surface area contributed by atoms with Crippen LogP contribution in [0.3, 0.4) is 0 Å². The third-order valence-corrected chi connectivity index (χ3v) is 7.19. The van der Waals surface area contributed by atoms with Gasteiger partial charge in [0.2, 0.25) is 0 Å². The number of alkyl halides is 3. The minimum absolute atomic E-state index is 0.214. The summed E-state index contributed by atoms with van der Waals surface area (Å²) in [5, 5.41) is 9.55. The fraction of sp³-hybridized carbons (Fsp3) is 0.520. The number of nitrogens with zero attached hydrogens (tertiary/aromatic N) is 7. The van der Waals surface area contributed by atoms with Crippen LogP contribution >= 0.6 is 11.8 Å². The predicted octanol–water partition coefficient (Wildman–Crippen LogP) is 4.89. The Morgan fingerprint density at radius 1 is 0.944 bits per heavy atom. The number of hydrogen-bond donors (Lipinski definition) is 0. The van der Waals surface area contributed by atoms with E-state index in [4.69, 9.17) is 0 Å². The van der Waals surface area contributed by atoms with E-state index >= 15 is 0 Å². The molecule has 0 radical (unpaired) electrons. The Balaban J connectivity index is 1.28. The molecule has 1 aromatic carbocycles. The molecule has 194 valence electrons. The highest BCUT2D eigenvalue weighted by Crippen LogP contribution is 2.32. The van der Waals surface area contributed by atoms with E-state index in [1.165, 1.54) is 0 Å². The number of rotatable bonds is 7. The second-order valence-electron chi connectivity index (χ2n) is 9.94. The zero-order chi connectivity index (χ0) is 25.9. The molecular weight excluding hydrogens is 487 g/mol. The Morgan fingerprint density at radius 2 is 1.64 bits per heavy atom. The molecule has 1 aliphatic rings. The smallest absolute Gasteiger partial charge is 0.354 e. The van der Waals surface area contributed by atoms with Crippen LogP contribution in [0.5, 0.6) is 0 Å². The highest BCUT2D eigenvalue weighted by Gasteiger charge is 2.36. The summed E-state index contributed by atoms with van der Waals surface area (Å²) < 4.78 is 42.3. The molecule has 7 nitrogen and oxygen atoms in total. The minimum Gasteiger partial charge on any atom is -0.354 e. The Labute approximate surface area is 214 Å². The van der Waals surface area contributed by atoms with Gasteiger partial charge in [-0.05, 0) is 13.0 Å². The van der Waals surface area contributed by atoms with Crippen LogP contribution in [0, 0.1) is 0 Å². The third kappa shape index (κ3) is 6.36. The minimum atomic E-state index is -4.50. The topological polar surface area (TPSA) is 63.0 Å². The molecule has 1 aliphatic heterocycles. The van der Waals surface area contributed by atoms with Crippen LogP contribution in [0.25, 0.3) is 11.4 Å². The van der Waals surface area contributed by atoms with Crippen molar-refractivity contribution in [2.24, 2.45) is 7.05 Å². The van der Waals surface area contributed by atoms with Gasteiger partial charge < -0.3 is 9.47 Å². The Hall–Kier alpha value is -2.66. The van der Waals surface area contributed by atoms with Crippen LogP contribution < -0.4 is 4.90 Å². The van der Waals surface area contributed by atoms with Gasteiger partial charge in [-0.2, -0.15) is 13.2 Å². The molecule has 11 heteroatoms. The SMILES string of the molecule is Cn1c(SCCCN2CCN(c3cc(C(F)(F)F)nc(C(C)(C)C)n3)CC2)nnc1-c1ccccc1. The van der Waals surface area contributed by atoms with Gasteiger partial charge in [-0.25, -0.2) is 9.97 Å². The lowest BCUT2D eigenvalue weighted by atomic mass is 9.95. The van der Waals surface area contributed by atoms with Gasteiger partial charge in [0, 0.05) is 56.0 Å². The first-order valence-electron chi connectivity index (χ1n) is 12.0. The van der Waals surface area contributed by atoms with Crippen LogP contribution in [0.1, 0.15) is 38.7 Å². The fourth-order valence-electron chi connectivity index (χ4n) is 4.01. The normalized spacial score (nSPS) is 15.5. The number of anilines is 1. The van der Waals surface area contributed by atoms with Gasteiger partial charge in [0.15, 0.2) is 11.0 Å². The van der Waals surface area contributed by atoms with Crippen molar-refractivity contribution in [3.63, 3.8) is 0 Å². The number of thioether (sulfide) groups is 1. The van der Waals surface area contributed by atoms with E-state index in [0.29, 0.717) is 18.9 Å². The van der Waals surface area contributed by atoms with Gasteiger partial charge in [-0.15, -0.1) is 10.2 Å². The zero-order valence-electron chi connectivity index (χ0n) is 21.1. The van der Waals surface area contributed by atoms with Crippen molar-refractivity contribution in [3.8, 4) is 11.4 Å². The van der Waals surface area contributed by atoms with Crippen LogP contribution in [-0.2, 0) is 18.6 Å². The summed E-state index contributed by atoms with van der Waals surface area (Å²) in [6, 6.07) is 11.1. The van der Waals surface area contributed by atoms with Gasteiger partial charge in [0.05, 0.1) is 0 Å². The summed E-state index contributed by atoms with van der Waals surface area (Å²) in [5.41, 5.74) is -0.408. The molecule has 0 bridgehead atoms. The largest absolute Gasteiger partial charge is 0.433 e. The van der Waals surface area contributed by atoms with Crippen molar-refractivity contribution < 1.29 is 13.2 Å². The summed E-state index contributed by atoms with van der Waals surface area (Å²) in [4.78, 5) is 12.6. The maximum atomic E-state index is 13.4. The fourth-order valence-corrected chi connectivity index (χ4v) is 4.84. The molecule has 2 aromatic heterocycles. The summed E-state index contributed by atoms with van der Waals surface area (Å²) in [5.74, 6) is 2.33. The molecule has 0 amide bonds. The predicted molar refractivity (Wildman–Crippen MR) is 136 cm³/mol. The van der Waals surface area contributed by atoms with E-state index < -0.39 is 17.3 Å². The van der Waals surface area contributed by atoms with E-state index in [0.717, 1.165) is 54.4 Å². The van der Waals surface area contributed by atoms with Gasteiger partial charge >= 0.3 is 6.18 Å². The van der Waals surface area contributed by atoms with E-state index in [2.05, 4.69) is 25.1 Å². The summed E-state index contributed by atoms with van der Waals surface area (Å²) in [6.45, 7) is 9.23. The molecule has 0 unspecified atom stereocenters. The molecule has 3 heterocycles. The molecule has 0 spiro atoms. The molecule has 4 rings (SSSR count). The summed E-state index contributed by atoms with van der Waals surface area (Å²) in [7, 11) is 1.98. The van der Waals surface area contributed by atoms with Crippen molar-refractivity contribution in [1.29, 1.82) is 0 Å². The third-order valence-electron chi connectivity index (χ3n) is 6.09. The highest BCUT2D eigenvalue weighted by atomic mass is 32.2. The first kappa shape index (κ1) is 26.4. The zero-order valence-corrected chi connectivity index (χ0v) is 21.9. The maximum absolute atomic E-state index is 13.4. The van der Waals surface area contributed by atoms with Gasteiger partial charge in [0.1, 0.15) is 17.3 Å². The van der Waals surface area contributed by atoms with Crippen LogP contribution in [-0.4, -0.2) is 68.1 Å². The molecule has 0 atom stereocenters. The van der Waals surface area contributed by atoms with Crippen LogP contribution in [0.15, 0.2) is 41.6 Å². The number of piperazine rings is 1. The van der Waals surface area contributed by atoms with Crippen molar-refractivity contribution in [2.75, 3.05) is 43.4 Å². The number of aromatic nitrogens is 5.